The van der Waals surface area contributed by atoms with Gasteiger partial charge in [0, 0.05) is 12.2 Å². The zero-order valence-corrected chi connectivity index (χ0v) is 12.9. The average molecular weight is 289 g/mol. The topological polar surface area (TPSA) is 83.5 Å². The summed E-state index contributed by atoms with van der Waals surface area (Å²) in [6, 6.07) is -0.920. The Morgan fingerprint density at radius 1 is 1.16 bits per heavy atom. The molecule has 0 saturated heterocycles. The van der Waals surface area contributed by atoms with E-state index in [4.69, 9.17) is 5.11 Å². The van der Waals surface area contributed by atoms with Gasteiger partial charge in [0.25, 0.3) is 0 Å². The minimum Gasteiger partial charge on any atom is -0.480 e. The number of aliphatic carboxylic acids is 1. The first kappa shape index (κ1) is 18.0. The van der Waals surface area contributed by atoms with Gasteiger partial charge >= 0.3 is 5.97 Å². The number of hydrogen-bond acceptors (Lipinski definition) is 4. The molecule has 110 valence electrons. The van der Waals surface area contributed by atoms with Gasteiger partial charge in [0.05, 0.1) is 5.92 Å². The van der Waals surface area contributed by atoms with Crippen molar-refractivity contribution >= 4 is 28.8 Å². The van der Waals surface area contributed by atoms with Gasteiger partial charge in [0.1, 0.15) is 6.04 Å². The summed E-state index contributed by atoms with van der Waals surface area (Å²) in [6.45, 7) is 8.70. The van der Waals surface area contributed by atoms with Gasteiger partial charge in [-0.3, -0.25) is 14.4 Å². The predicted octanol–water partition coefficient (Wildman–Crippen LogP) is 1.91. The first-order valence-corrected chi connectivity index (χ1v) is 7.23. The number of amides is 1. The molecule has 0 aromatic carbocycles. The van der Waals surface area contributed by atoms with E-state index in [-0.39, 0.29) is 22.2 Å². The maximum atomic E-state index is 12.1. The second-order valence-electron chi connectivity index (χ2n) is 5.12. The molecule has 0 rings (SSSR count). The van der Waals surface area contributed by atoms with Gasteiger partial charge in [-0.2, -0.15) is 0 Å². The zero-order chi connectivity index (χ0) is 15.2. The quantitative estimate of drug-likeness (QED) is 0.748. The van der Waals surface area contributed by atoms with Crippen molar-refractivity contribution in [3.8, 4) is 0 Å². The molecular weight excluding hydrogens is 266 g/mol. The standard InChI is InChI=1S/C13H23NO4S/c1-7(2)6-11(9(4)19-10(5)15)12(16)14-8(3)13(17)18/h7-9,11H,6H2,1-5H3,(H,14,16)(H,17,18)/t8-,9?,11?/m0/s1. The summed E-state index contributed by atoms with van der Waals surface area (Å²) >= 11 is 1.12. The van der Waals surface area contributed by atoms with E-state index in [1.54, 1.807) is 0 Å². The number of rotatable bonds is 7. The van der Waals surface area contributed by atoms with Gasteiger partial charge < -0.3 is 10.4 Å². The normalized spacial score (nSPS) is 15.7. The summed E-state index contributed by atoms with van der Waals surface area (Å²) in [7, 11) is 0. The van der Waals surface area contributed by atoms with Gasteiger partial charge in [0.15, 0.2) is 5.12 Å². The van der Waals surface area contributed by atoms with E-state index in [0.717, 1.165) is 11.8 Å². The molecule has 0 aliphatic heterocycles. The van der Waals surface area contributed by atoms with Crippen molar-refractivity contribution in [2.75, 3.05) is 0 Å². The highest BCUT2D eigenvalue weighted by molar-refractivity contribution is 8.14. The summed E-state index contributed by atoms with van der Waals surface area (Å²) in [5.41, 5.74) is 0. The molecule has 3 atom stereocenters. The zero-order valence-electron chi connectivity index (χ0n) is 12.1. The second-order valence-corrected chi connectivity index (χ2v) is 6.67. The van der Waals surface area contributed by atoms with Crippen molar-refractivity contribution in [1.82, 2.24) is 5.32 Å². The Bertz CT molecular complexity index is 344. The third-order valence-electron chi connectivity index (χ3n) is 2.71. The summed E-state index contributed by atoms with van der Waals surface area (Å²) < 4.78 is 0. The first-order valence-electron chi connectivity index (χ1n) is 6.35. The fraction of sp³-hybridized carbons (Fsp3) is 0.769. The third kappa shape index (κ3) is 7.20. The van der Waals surface area contributed by atoms with Crippen molar-refractivity contribution in [2.45, 2.75) is 52.3 Å². The molecule has 0 aliphatic carbocycles. The van der Waals surface area contributed by atoms with Crippen LogP contribution in [0, 0.1) is 11.8 Å². The number of hydrogen-bond donors (Lipinski definition) is 2. The van der Waals surface area contributed by atoms with E-state index >= 15 is 0 Å². The molecule has 0 radical (unpaired) electrons. The highest BCUT2D eigenvalue weighted by Gasteiger charge is 2.29. The molecule has 2 N–H and O–H groups in total. The lowest BCUT2D eigenvalue weighted by Gasteiger charge is -2.24. The molecule has 0 aromatic heterocycles. The second kappa shape index (κ2) is 8.19. The van der Waals surface area contributed by atoms with Crippen LogP contribution in [0.15, 0.2) is 0 Å². The Labute approximate surface area is 118 Å². The van der Waals surface area contributed by atoms with E-state index in [1.165, 1.54) is 13.8 Å². The summed E-state index contributed by atoms with van der Waals surface area (Å²) in [4.78, 5) is 34.0. The fourth-order valence-corrected chi connectivity index (χ4v) is 2.67. The molecule has 0 aliphatic rings. The number of nitrogens with one attached hydrogen (secondary N) is 1. The van der Waals surface area contributed by atoms with Crippen LogP contribution in [0.3, 0.4) is 0 Å². The summed E-state index contributed by atoms with van der Waals surface area (Å²) in [5, 5.41) is 11.1. The van der Waals surface area contributed by atoms with Crippen molar-refractivity contribution in [3.05, 3.63) is 0 Å². The lowest BCUT2D eigenvalue weighted by Crippen LogP contribution is -2.44. The maximum absolute atomic E-state index is 12.1. The molecule has 0 heterocycles. The Morgan fingerprint density at radius 3 is 2.05 bits per heavy atom. The highest BCUT2D eigenvalue weighted by atomic mass is 32.2. The third-order valence-corrected chi connectivity index (χ3v) is 3.74. The van der Waals surface area contributed by atoms with Crippen LogP contribution in [0.5, 0.6) is 0 Å². The van der Waals surface area contributed by atoms with Crippen LogP contribution >= 0.6 is 11.8 Å². The van der Waals surface area contributed by atoms with E-state index in [9.17, 15) is 14.4 Å². The number of carboxylic acid groups (broad SMARTS) is 1. The predicted molar refractivity (Wildman–Crippen MR) is 75.9 cm³/mol. The molecule has 2 unspecified atom stereocenters. The van der Waals surface area contributed by atoms with Gasteiger partial charge in [-0.1, -0.05) is 32.5 Å². The van der Waals surface area contributed by atoms with Crippen LogP contribution in [0.4, 0.5) is 0 Å². The lowest BCUT2D eigenvalue weighted by molar-refractivity contribution is -0.142. The molecular formula is C13H23NO4S. The maximum Gasteiger partial charge on any atom is 0.325 e. The van der Waals surface area contributed by atoms with E-state index < -0.39 is 12.0 Å². The van der Waals surface area contributed by atoms with Crippen LogP contribution in [0.25, 0.3) is 0 Å². The largest absolute Gasteiger partial charge is 0.480 e. The number of carbonyl (C=O) groups excluding carboxylic acids is 2. The first-order chi connectivity index (χ1) is 8.65. The number of carboxylic acids is 1. The molecule has 5 nitrogen and oxygen atoms in total. The van der Waals surface area contributed by atoms with Crippen LogP contribution in [0.2, 0.25) is 0 Å². The summed E-state index contributed by atoms with van der Waals surface area (Å²) in [5.74, 6) is -1.44. The van der Waals surface area contributed by atoms with Crippen LogP contribution in [-0.4, -0.2) is 33.4 Å². The molecule has 0 spiro atoms. The van der Waals surface area contributed by atoms with Gasteiger partial charge in [-0.05, 0) is 19.3 Å². The van der Waals surface area contributed by atoms with Gasteiger partial charge in [-0.25, -0.2) is 0 Å². The molecule has 0 bridgehead atoms. The van der Waals surface area contributed by atoms with E-state index in [2.05, 4.69) is 5.32 Å². The molecule has 0 fully saturated rings. The molecule has 19 heavy (non-hydrogen) atoms. The molecule has 6 heteroatoms. The Hall–Kier alpha value is -1.04. The highest BCUT2D eigenvalue weighted by Crippen LogP contribution is 2.26. The SMILES string of the molecule is CC(=O)SC(C)C(CC(C)C)C(=O)N[C@@H](C)C(=O)O. The smallest absolute Gasteiger partial charge is 0.325 e. The average Bonchev–Trinajstić information content (AvgIpc) is 2.23. The number of thioether (sulfide) groups is 1. The van der Waals surface area contributed by atoms with Crippen molar-refractivity contribution in [1.29, 1.82) is 0 Å². The van der Waals surface area contributed by atoms with Crippen LogP contribution in [0.1, 0.15) is 41.0 Å². The Morgan fingerprint density at radius 2 is 1.68 bits per heavy atom. The molecule has 1 amide bonds. The van der Waals surface area contributed by atoms with E-state index in [1.807, 2.05) is 20.8 Å². The van der Waals surface area contributed by atoms with Gasteiger partial charge in [0.2, 0.25) is 5.91 Å². The minimum absolute atomic E-state index is 0.0414. The monoisotopic (exact) mass is 289 g/mol. The Balaban J connectivity index is 4.77. The lowest BCUT2D eigenvalue weighted by atomic mass is 9.93. The Kier molecular flexibility index (Phi) is 7.75. The van der Waals surface area contributed by atoms with Gasteiger partial charge in [-0.15, -0.1) is 0 Å². The van der Waals surface area contributed by atoms with E-state index in [0.29, 0.717) is 12.3 Å². The number of carbonyl (C=O) groups is 3. The van der Waals surface area contributed by atoms with Crippen molar-refractivity contribution in [3.63, 3.8) is 0 Å². The van der Waals surface area contributed by atoms with Crippen LogP contribution < -0.4 is 5.32 Å². The van der Waals surface area contributed by atoms with Crippen molar-refractivity contribution < 1.29 is 19.5 Å². The molecule has 0 aromatic rings. The summed E-state index contributed by atoms with van der Waals surface area (Å²) in [6.07, 6.45) is 0.625. The van der Waals surface area contributed by atoms with Crippen LogP contribution in [-0.2, 0) is 14.4 Å². The minimum atomic E-state index is -1.07. The van der Waals surface area contributed by atoms with Crippen molar-refractivity contribution in [2.24, 2.45) is 11.8 Å². The fourth-order valence-electron chi connectivity index (χ4n) is 1.75. The molecule has 0 saturated carbocycles.